The number of benzene rings is 2. The standard InChI is InChI=1S/C18H20O2/c19-16-9-7-14(8-10-16)18(11-2-1-3-12-18)15-5-4-6-17(20)13-15/h4-10,13,19-20H,1-3,11-12H2. The van der Waals surface area contributed by atoms with E-state index in [0.717, 1.165) is 12.8 Å². The van der Waals surface area contributed by atoms with Crippen LogP contribution in [0.2, 0.25) is 0 Å². The number of rotatable bonds is 2. The van der Waals surface area contributed by atoms with Crippen LogP contribution in [0.15, 0.2) is 48.5 Å². The van der Waals surface area contributed by atoms with E-state index in [2.05, 4.69) is 6.07 Å². The van der Waals surface area contributed by atoms with Crippen LogP contribution in [0.4, 0.5) is 0 Å². The molecule has 0 aromatic heterocycles. The highest BCUT2D eigenvalue weighted by Crippen LogP contribution is 2.45. The Morgan fingerprint density at radius 2 is 1.40 bits per heavy atom. The summed E-state index contributed by atoms with van der Waals surface area (Å²) in [5, 5.41) is 19.3. The molecule has 1 fully saturated rings. The Bertz CT molecular complexity index is 581. The maximum absolute atomic E-state index is 9.81. The molecule has 0 aliphatic heterocycles. The maximum atomic E-state index is 9.81. The van der Waals surface area contributed by atoms with Gasteiger partial charge in [-0.25, -0.2) is 0 Å². The van der Waals surface area contributed by atoms with Gasteiger partial charge in [0.15, 0.2) is 0 Å². The summed E-state index contributed by atoms with van der Waals surface area (Å²) in [6, 6.07) is 15.2. The summed E-state index contributed by atoms with van der Waals surface area (Å²) >= 11 is 0. The third-order valence-electron chi connectivity index (χ3n) is 4.53. The molecule has 0 radical (unpaired) electrons. The highest BCUT2D eigenvalue weighted by atomic mass is 16.3. The lowest BCUT2D eigenvalue weighted by atomic mass is 9.65. The fourth-order valence-corrected chi connectivity index (χ4v) is 3.48. The van der Waals surface area contributed by atoms with E-state index in [1.165, 1.54) is 30.4 Å². The summed E-state index contributed by atoms with van der Waals surface area (Å²) in [4.78, 5) is 0. The van der Waals surface area contributed by atoms with Gasteiger partial charge in [-0.1, -0.05) is 43.5 Å². The van der Waals surface area contributed by atoms with Gasteiger partial charge in [-0.15, -0.1) is 0 Å². The lowest BCUT2D eigenvalue weighted by molar-refractivity contribution is 0.344. The topological polar surface area (TPSA) is 40.5 Å². The third kappa shape index (κ3) is 2.26. The Kier molecular flexibility index (Phi) is 3.39. The Morgan fingerprint density at radius 1 is 0.700 bits per heavy atom. The average Bonchev–Trinajstić information content (AvgIpc) is 2.49. The van der Waals surface area contributed by atoms with Crippen LogP contribution in [0, 0.1) is 0 Å². The molecule has 2 N–H and O–H groups in total. The van der Waals surface area contributed by atoms with Crippen molar-refractivity contribution in [2.24, 2.45) is 0 Å². The van der Waals surface area contributed by atoms with Gasteiger partial charge in [0.1, 0.15) is 11.5 Å². The normalized spacial score (nSPS) is 17.8. The van der Waals surface area contributed by atoms with Gasteiger partial charge in [-0.2, -0.15) is 0 Å². The number of phenolic OH excluding ortho intramolecular Hbond substituents is 2. The smallest absolute Gasteiger partial charge is 0.115 e. The quantitative estimate of drug-likeness (QED) is 0.850. The van der Waals surface area contributed by atoms with Crippen LogP contribution in [-0.2, 0) is 5.41 Å². The van der Waals surface area contributed by atoms with Gasteiger partial charge in [0.25, 0.3) is 0 Å². The van der Waals surface area contributed by atoms with Crippen molar-refractivity contribution in [2.45, 2.75) is 37.5 Å². The first kappa shape index (κ1) is 13.0. The second-order valence-corrected chi connectivity index (χ2v) is 5.74. The molecular formula is C18H20O2. The van der Waals surface area contributed by atoms with Crippen LogP contribution >= 0.6 is 0 Å². The van der Waals surface area contributed by atoms with Crippen LogP contribution in [0.5, 0.6) is 11.5 Å². The maximum Gasteiger partial charge on any atom is 0.115 e. The molecule has 0 atom stereocenters. The lowest BCUT2D eigenvalue weighted by Crippen LogP contribution is -2.30. The zero-order chi connectivity index (χ0) is 14.0. The van der Waals surface area contributed by atoms with Gasteiger partial charge in [0.05, 0.1) is 0 Å². The summed E-state index contributed by atoms with van der Waals surface area (Å²) in [6.07, 6.45) is 5.88. The molecule has 2 aromatic carbocycles. The summed E-state index contributed by atoms with van der Waals surface area (Å²) in [5.74, 6) is 0.627. The molecular weight excluding hydrogens is 248 g/mol. The van der Waals surface area contributed by atoms with Crippen molar-refractivity contribution >= 4 is 0 Å². The molecule has 104 valence electrons. The predicted molar refractivity (Wildman–Crippen MR) is 80.1 cm³/mol. The fraction of sp³-hybridized carbons (Fsp3) is 0.333. The first-order valence-corrected chi connectivity index (χ1v) is 7.30. The summed E-state index contributed by atoms with van der Waals surface area (Å²) in [5.41, 5.74) is 2.40. The molecule has 0 amide bonds. The Morgan fingerprint density at radius 3 is 2.05 bits per heavy atom. The van der Waals surface area contributed by atoms with Crippen LogP contribution in [-0.4, -0.2) is 10.2 Å². The SMILES string of the molecule is Oc1ccc(C2(c3cccc(O)c3)CCCCC2)cc1. The molecule has 1 aliphatic carbocycles. The van der Waals surface area contributed by atoms with Crippen molar-refractivity contribution < 1.29 is 10.2 Å². The molecule has 0 bridgehead atoms. The zero-order valence-corrected chi connectivity index (χ0v) is 11.5. The Labute approximate surface area is 119 Å². The summed E-state index contributed by atoms with van der Waals surface area (Å²) in [7, 11) is 0. The van der Waals surface area contributed by atoms with Gasteiger partial charge in [0, 0.05) is 5.41 Å². The fourth-order valence-electron chi connectivity index (χ4n) is 3.48. The van der Waals surface area contributed by atoms with E-state index in [9.17, 15) is 10.2 Å². The molecule has 0 heterocycles. The molecule has 1 saturated carbocycles. The van der Waals surface area contributed by atoms with Crippen molar-refractivity contribution in [3.05, 3.63) is 59.7 Å². The van der Waals surface area contributed by atoms with E-state index in [0.29, 0.717) is 11.5 Å². The van der Waals surface area contributed by atoms with Crippen LogP contribution in [0.25, 0.3) is 0 Å². The molecule has 3 rings (SSSR count). The van der Waals surface area contributed by atoms with E-state index in [1.54, 1.807) is 18.2 Å². The molecule has 0 unspecified atom stereocenters. The Balaban J connectivity index is 2.11. The molecule has 0 spiro atoms. The monoisotopic (exact) mass is 268 g/mol. The van der Waals surface area contributed by atoms with Crippen molar-refractivity contribution in [3.63, 3.8) is 0 Å². The highest BCUT2D eigenvalue weighted by Gasteiger charge is 2.35. The molecule has 2 nitrogen and oxygen atoms in total. The largest absolute Gasteiger partial charge is 0.508 e. The number of aromatic hydroxyl groups is 2. The minimum Gasteiger partial charge on any atom is -0.508 e. The first-order valence-electron chi connectivity index (χ1n) is 7.30. The van der Waals surface area contributed by atoms with Crippen molar-refractivity contribution in [3.8, 4) is 11.5 Å². The van der Waals surface area contributed by atoms with Crippen molar-refractivity contribution in [1.29, 1.82) is 0 Å². The lowest BCUT2D eigenvalue weighted by Gasteiger charge is -2.38. The number of hydrogen-bond acceptors (Lipinski definition) is 2. The van der Waals surface area contributed by atoms with Crippen LogP contribution in [0.3, 0.4) is 0 Å². The minimum absolute atomic E-state index is 0.0231. The highest BCUT2D eigenvalue weighted by molar-refractivity contribution is 5.44. The van der Waals surface area contributed by atoms with E-state index in [1.807, 2.05) is 24.3 Å². The molecule has 0 saturated heterocycles. The predicted octanol–water partition coefficient (Wildman–Crippen LogP) is 4.35. The van der Waals surface area contributed by atoms with E-state index >= 15 is 0 Å². The second kappa shape index (κ2) is 5.20. The van der Waals surface area contributed by atoms with Gasteiger partial charge in [-0.3, -0.25) is 0 Å². The first-order chi connectivity index (χ1) is 9.71. The van der Waals surface area contributed by atoms with E-state index in [-0.39, 0.29) is 5.41 Å². The van der Waals surface area contributed by atoms with Crippen LogP contribution < -0.4 is 0 Å². The zero-order valence-electron chi connectivity index (χ0n) is 11.5. The molecule has 2 heteroatoms. The number of phenols is 2. The van der Waals surface area contributed by atoms with Crippen molar-refractivity contribution in [1.82, 2.24) is 0 Å². The van der Waals surface area contributed by atoms with E-state index < -0.39 is 0 Å². The van der Waals surface area contributed by atoms with Crippen LogP contribution in [0.1, 0.15) is 43.2 Å². The molecule has 20 heavy (non-hydrogen) atoms. The molecule has 1 aliphatic rings. The summed E-state index contributed by atoms with van der Waals surface area (Å²) in [6.45, 7) is 0. The van der Waals surface area contributed by atoms with Crippen molar-refractivity contribution in [2.75, 3.05) is 0 Å². The minimum atomic E-state index is -0.0231. The van der Waals surface area contributed by atoms with Gasteiger partial charge in [-0.05, 0) is 48.2 Å². The van der Waals surface area contributed by atoms with Gasteiger partial charge >= 0.3 is 0 Å². The summed E-state index contributed by atoms with van der Waals surface area (Å²) < 4.78 is 0. The second-order valence-electron chi connectivity index (χ2n) is 5.74. The number of hydrogen-bond donors (Lipinski definition) is 2. The van der Waals surface area contributed by atoms with E-state index in [4.69, 9.17) is 0 Å². The average molecular weight is 268 g/mol. The third-order valence-corrected chi connectivity index (χ3v) is 4.53. The molecule has 2 aromatic rings. The van der Waals surface area contributed by atoms with Gasteiger partial charge in [0.2, 0.25) is 0 Å². The Hall–Kier alpha value is -1.96. The van der Waals surface area contributed by atoms with Gasteiger partial charge < -0.3 is 10.2 Å².